The van der Waals surface area contributed by atoms with Crippen LogP contribution in [0, 0.1) is 0 Å². The Bertz CT molecular complexity index is 1510. The van der Waals surface area contributed by atoms with Gasteiger partial charge in [-0.3, -0.25) is 14.3 Å². The summed E-state index contributed by atoms with van der Waals surface area (Å²) in [5, 5.41) is 11.4. The number of aromatic amines is 1. The number of nitrogens with one attached hydrogen (secondary N) is 3. The number of fused-ring (bicyclic) bond motifs is 1. The Morgan fingerprint density at radius 1 is 1.00 bits per heavy atom. The van der Waals surface area contributed by atoms with Crippen LogP contribution in [0.3, 0.4) is 0 Å². The van der Waals surface area contributed by atoms with E-state index in [1.54, 1.807) is 30.5 Å². The minimum atomic E-state index is -0.831. The fourth-order valence-corrected chi connectivity index (χ4v) is 4.39. The third-order valence-electron chi connectivity index (χ3n) is 5.94. The zero-order chi connectivity index (χ0) is 24.9. The molecule has 2 aromatic heterocycles. The number of anilines is 1. The molecule has 1 unspecified atom stereocenters. The lowest BCUT2D eigenvalue weighted by Gasteiger charge is -2.19. The maximum atomic E-state index is 13.5. The van der Waals surface area contributed by atoms with Crippen LogP contribution in [0.2, 0.25) is 5.02 Å². The highest BCUT2D eigenvalue weighted by Crippen LogP contribution is 2.21. The summed E-state index contributed by atoms with van der Waals surface area (Å²) in [5.41, 5.74) is 3.84. The van der Waals surface area contributed by atoms with Crippen LogP contribution < -0.4 is 10.6 Å². The van der Waals surface area contributed by atoms with Crippen LogP contribution in [-0.2, 0) is 17.8 Å². The van der Waals surface area contributed by atoms with Gasteiger partial charge in [0.2, 0.25) is 5.91 Å². The van der Waals surface area contributed by atoms with Gasteiger partial charge < -0.3 is 15.6 Å². The number of halogens is 1. The average Bonchev–Trinajstić information content (AvgIpc) is 3.54. The van der Waals surface area contributed by atoms with E-state index in [2.05, 4.69) is 20.7 Å². The van der Waals surface area contributed by atoms with Gasteiger partial charge in [0.15, 0.2) is 0 Å². The molecule has 3 aromatic carbocycles. The minimum absolute atomic E-state index is 0.305. The van der Waals surface area contributed by atoms with Crippen molar-refractivity contribution < 1.29 is 9.59 Å². The van der Waals surface area contributed by atoms with E-state index in [0.717, 1.165) is 22.0 Å². The van der Waals surface area contributed by atoms with Gasteiger partial charge >= 0.3 is 0 Å². The van der Waals surface area contributed by atoms with Gasteiger partial charge in [0.05, 0.1) is 17.1 Å². The lowest BCUT2D eigenvalue weighted by molar-refractivity contribution is -0.118. The standard InChI is InChI=1S/C28H24ClN5O2/c29-24-11-3-1-10-23(24)27(35)33-26(16-20-17-30-25-12-4-2-9-22(20)25)28(36)32-21-8-5-7-19(15-21)18-34-14-6-13-31-34/h1-15,17,26,30H,16,18H2,(H,32,36)(H,33,35). The second kappa shape index (κ2) is 10.5. The van der Waals surface area contributed by atoms with E-state index in [4.69, 9.17) is 11.6 Å². The number of hydrogen-bond acceptors (Lipinski definition) is 3. The summed E-state index contributed by atoms with van der Waals surface area (Å²) in [6.07, 6.45) is 5.78. The van der Waals surface area contributed by atoms with Crippen molar-refractivity contribution >= 4 is 40.0 Å². The number of benzene rings is 3. The van der Waals surface area contributed by atoms with Crippen LogP contribution in [0.25, 0.3) is 10.9 Å². The quantitative estimate of drug-likeness (QED) is 0.280. The molecule has 36 heavy (non-hydrogen) atoms. The fourth-order valence-electron chi connectivity index (χ4n) is 4.17. The summed E-state index contributed by atoms with van der Waals surface area (Å²) in [6.45, 7) is 0.582. The molecule has 5 aromatic rings. The zero-order valence-corrected chi connectivity index (χ0v) is 20.1. The molecular formula is C28H24ClN5O2. The molecule has 0 radical (unpaired) electrons. The first kappa shape index (κ1) is 23.4. The van der Waals surface area contributed by atoms with Gasteiger partial charge in [-0.2, -0.15) is 5.10 Å². The number of hydrogen-bond donors (Lipinski definition) is 3. The van der Waals surface area contributed by atoms with E-state index in [0.29, 0.717) is 29.2 Å². The Balaban J connectivity index is 1.39. The predicted octanol–water partition coefficient (Wildman–Crippen LogP) is 5.05. The van der Waals surface area contributed by atoms with E-state index in [9.17, 15) is 9.59 Å². The summed E-state index contributed by atoms with van der Waals surface area (Å²) in [6, 6.07) is 23.2. The molecule has 180 valence electrons. The highest BCUT2D eigenvalue weighted by molar-refractivity contribution is 6.33. The number of para-hydroxylation sites is 1. The Morgan fingerprint density at radius 2 is 1.83 bits per heavy atom. The van der Waals surface area contributed by atoms with E-state index in [1.165, 1.54) is 0 Å². The summed E-state index contributed by atoms with van der Waals surface area (Å²) >= 11 is 6.23. The first-order valence-electron chi connectivity index (χ1n) is 11.5. The maximum Gasteiger partial charge on any atom is 0.253 e. The molecule has 0 spiro atoms. The van der Waals surface area contributed by atoms with Crippen LogP contribution in [0.5, 0.6) is 0 Å². The van der Waals surface area contributed by atoms with Crippen molar-refractivity contribution in [2.75, 3.05) is 5.32 Å². The van der Waals surface area contributed by atoms with Gasteiger partial charge in [-0.1, -0.05) is 54.1 Å². The van der Waals surface area contributed by atoms with Crippen molar-refractivity contribution in [1.82, 2.24) is 20.1 Å². The van der Waals surface area contributed by atoms with E-state index < -0.39 is 11.9 Å². The molecule has 8 heteroatoms. The molecule has 0 bridgehead atoms. The topological polar surface area (TPSA) is 91.8 Å². The Hall–Kier alpha value is -4.36. The van der Waals surface area contributed by atoms with Crippen molar-refractivity contribution in [3.8, 4) is 0 Å². The predicted molar refractivity (Wildman–Crippen MR) is 141 cm³/mol. The van der Waals surface area contributed by atoms with Crippen LogP contribution in [-0.4, -0.2) is 32.6 Å². The van der Waals surface area contributed by atoms with Gasteiger partial charge in [0.1, 0.15) is 6.04 Å². The van der Waals surface area contributed by atoms with Gasteiger partial charge in [0.25, 0.3) is 5.91 Å². The van der Waals surface area contributed by atoms with Gasteiger partial charge in [-0.25, -0.2) is 0 Å². The molecule has 2 heterocycles. The number of aromatic nitrogens is 3. The summed E-state index contributed by atoms with van der Waals surface area (Å²) in [4.78, 5) is 29.8. The molecule has 0 aliphatic rings. The molecule has 0 aliphatic carbocycles. The fraction of sp³-hybridized carbons (Fsp3) is 0.107. The van der Waals surface area contributed by atoms with Gasteiger partial charge in [0, 0.05) is 41.6 Å². The minimum Gasteiger partial charge on any atom is -0.361 e. The Morgan fingerprint density at radius 3 is 2.67 bits per heavy atom. The maximum absolute atomic E-state index is 13.5. The number of amides is 2. The summed E-state index contributed by atoms with van der Waals surface area (Å²) in [5.74, 6) is -0.732. The second-order valence-electron chi connectivity index (χ2n) is 8.46. The molecule has 7 nitrogen and oxygen atoms in total. The molecule has 2 amide bonds. The Kier molecular flexibility index (Phi) is 6.82. The zero-order valence-electron chi connectivity index (χ0n) is 19.3. The van der Waals surface area contributed by atoms with Crippen molar-refractivity contribution in [3.05, 3.63) is 119 Å². The number of H-pyrrole nitrogens is 1. The molecule has 3 N–H and O–H groups in total. The molecule has 0 saturated heterocycles. The first-order valence-corrected chi connectivity index (χ1v) is 11.9. The highest BCUT2D eigenvalue weighted by atomic mass is 35.5. The molecular weight excluding hydrogens is 474 g/mol. The first-order chi connectivity index (χ1) is 17.6. The molecule has 5 rings (SSSR count). The second-order valence-corrected chi connectivity index (χ2v) is 8.87. The van der Waals surface area contributed by atoms with Gasteiger partial charge in [-0.15, -0.1) is 0 Å². The molecule has 1 atom stereocenters. The molecule has 0 fully saturated rings. The van der Waals surface area contributed by atoms with E-state index in [-0.39, 0.29) is 5.91 Å². The third kappa shape index (κ3) is 5.31. The lowest BCUT2D eigenvalue weighted by atomic mass is 10.0. The monoisotopic (exact) mass is 497 g/mol. The third-order valence-corrected chi connectivity index (χ3v) is 6.27. The lowest BCUT2D eigenvalue weighted by Crippen LogP contribution is -2.45. The number of carbonyl (C=O) groups excluding carboxylic acids is 2. The van der Waals surface area contributed by atoms with E-state index in [1.807, 2.05) is 71.7 Å². The van der Waals surface area contributed by atoms with Crippen molar-refractivity contribution in [1.29, 1.82) is 0 Å². The summed E-state index contributed by atoms with van der Waals surface area (Å²) in [7, 11) is 0. The molecule has 0 aliphatic heterocycles. The van der Waals surface area contributed by atoms with E-state index >= 15 is 0 Å². The van der Waals surface area contributed by atoms with Crippen molar-refractivity contribution in [2.45, 2.75) is 19.0 Å². The van der Waals surface area contributed by atoms with Crippen LogP contribution >= 0.6 is 11.6 Å². The highest BCUT2D eigenvalue weighted by Gasteiger charge is 2.24. The number of rotatable bonds is 8. The van der Waals surface area contributed by atoms with Crippen LogP contribution in [0.1, 0.15) is 21.5 Å². The SMILES string of the molecule is O=C(NC(Cc1c[nH]c2ccccc12)C(=O)Nc1cccc(Cn2cccn2)c1)c1ccccc1Cl. The van der Waals surface area contributed by atoms with Crippen LogP contribution in [0.4, 0.5) is 5.69 Å². The number of carbonyl (C=O) groups is 2. The van der Waals surface area contributed by atoms with Gasteiger partial charge in [-0.05, 0) is 47.5 Å². The van der Waals surface area contributed by atoms with Crippen molar-refractivity contribution in [2.24, 2.45) is 0 Å². The normalized spacial score (nSPS) is 11.8. The van der Waals surface area contributed by atoms with Crippen LogP contribution in [0.15, 0.2) is 97.5 Å². The summed E-state index contributed by atoms with van der Waals surface area (Å²) < 4.78 is 1.81. The number of nitrogens with zero attached hydrogens (tertiary/aromatic N) is 2. The molecule has 0 saturated carbocycles. The largest absolute Gasteiger partial charge is 0.361 e. The van der Waals surface area contributed by atoms with Crippen molar-refractivity contribution in [3.63, 3.8) is 0 Å². The smallest absolute Gasteiger partial charge is 0.253 e. The average molecular weight is 498 g/mol. The Labute approximate surface area is 213 Å².